The summed E-state index contributed by atoms with van der Waals surface area (Å²) >= 11 is 0. The number of rotatable bonds is 4. The van der Waals surface area contributed by atoms with Crippen molar-refractivity contribution in [3.63, 3.8) is 0 Å². The third-order valence-electron chi connectivity index (χ3n) is 13.8. The molecule has 3 heterocycles. The zero-order chi connectivity index (χ0) is 45.2. The topological polar surface area (TPSA) is 200 Å². The standard InChI is InChI=1S/C48H75NO12/c1-28-13-10-9-11-14-29(2)39(51)25-36-18-16-34(7)48(58,61-36)27-43(54)49-20-12-15-37(49)47(57)60-42(31(4)23-35-17-19-38(50)41(53)24-35)26-40(52)30(3)22-33(6)45(56)46(59-8)44(55)32(5)21-28/h9-11,13-14,22,28,30-32,34-39,41-42,45-46,50-51,53,56,58H,12,15-21,23-27H2,1-8H3/b11-9+,13-10+,29-14+,33-22+/t28-,30-,31-,32-,34-,35?,36+,37+,38+,39+,41+,42+,45-,46+,48+/m1/s1. The van der Waals surface area contributed by atoms with Gasteiger partial charge in [-0.3, -0.25) is 14.4 Å². The fourth-order valence-electron chi connectivity index (χ4n) is 9.54. The van der Waals surface area contributed by atoms with Crippen molar-refractivity contribution in [2.75, 3.05) is 13.7 Å². The van der Waals surface area contributed by atoms with Gasteiger partial charge in [0.25, 0.3) is 0 Å². The Kier molecular flexibility index (Phi) is 19.1. The number of aliphatic hydroxyl groups excluding tert-OH is 4. The predicted molar refractivity (Wildman–Crippen MR) is 231 cm³/mol. The Balaban J connectivity index is 1.64. The van der Waals surface area contributed by atoms with E-state index < -0.39 is 78.3 Å². The second-order valence-electron chi connectivity index (χ2n) is 18.9. The minimum atomic E-state index is -1.81. The molecule has 0 aromatic heterocycles. The molecule has 1 aliphatic carbocycles. The summed E-state index contributed by atoms with van der Waals surface area (Å²) in [6, 6.07) is -0.931. The first-order valence-electron chi connectivity index (χ1n) is 22.7. The summed E-state index contributed by atoms with van der Waals surface area (Å²) in [5.74, 6) is -5.24. The number of carbonyl (C=O) groups excluding carboxylic acids is 4. The minimum Gasteiger partial charge on any atom is -0.460 e. The first-order chi connectivity index (χ1) is 28.7. The largest absolute Gasteiger partial charge is 0.460 e. The summed E-state index contributed by atoms with van der Waals surface area (Å²) in [4.78, 5) is 57.1. The highest BCUT2D eigenvalue weighted by Gasteiger charge is 2.47. The fraction of sp³-hybridized carbons (Fsp3) is 0.750. The van der Waals surface area contributed by atoms with Gasteiger partial charge in [0, 0.05) is 44.2 Å². The molecule has 13 nitrogen and oxygen atoms in total. The molecule has 0 aromatic rings. The summed E-state index contributed by atoms with van der Waals surface area (Å²) in [7, 11) is 1.37. The number of esters is 1. The first kappa shape index (κ1) is 50.6. The maximum Gasteiger partial charge on any atom is 0.329 e. The molecule has 2 bridgehead atoms. The molecule has 1 unspecified atom stereocenters. The molecule has 5 N–H and O–H groups in total. The average Bonchev–Trinajstić information content (AvgIpc) is 3.70. The van der Waals surface area contributed by atoms with Crippen molar-refractivity contribution in [3.05, 3.63) is 47.6 Å². The van der Waals surface area contributed by atoms with Crippen molar-refractivity contribution >= 4 is 23.4 Å². The Hall–Kier alpha value is -3.04. The van der Waals surface area contributed by atoms with E-state index in [9.17, 15) is 44.7 Å². The van der Waals surface area contributed by atoms with Gasteiger partial charge < -0.3 is 44.6 Å². The zero-order valence-corrected chi connectivity index (χ0v) is 37.8. The SMILES string of the molecule is CO[C@H]1C(=O)[C@H](C)C[C@H](C)/C=C/C=C/C=C(\C)[C@@H](O)C[C@@H]2CC[C@@H](C)[C@](O)(CC(=O)N3CCC[C@H]3C(=O)O[C@H]([C@H](C)CC3CC[C@H](O)[C@@H](O)C3)CC(=O)[C@H](C)/C=C(\C)[C@H]1O)O2. The van der Waals surface area contributed by atoms with Crippen LogP contribution in [0, 0.1) is 35.5 Å². The highest BCUT2D eigenvalue weighted by atomic mass is 16.6. The van der Waals surface area contributed by atoms with Crippen LogP contribution in [0.2, 0.25) is 0 Å². The number of methoxy groups -OCH3 is 1. The van der Waals surface area contributed by atoms with E-state index in [1.165, 1.54) is 12.0 Å². The number of ketones is 2. The van der Waals surface area contributed by atoms with Crippen LogP contribution in [0.4, 0.5) is 0 Å². The van der Waals surface area contributed by atoms with Gasteiger partial charge in [-0.1, -0.05) is 71.1 Å². The van der Waals surface area contributed by atoms with E-state index in [1.54, 1.807) is 26.8 Å². The average molecular weight is 858 g/mol. The number of hydrogen-bond donors (Lipinski definition) is 5. The number of fused-ring (bicyclic) bond motifs is 3. The Bertz CT molecular complexity index is 1620. The molecule has 4 rings (SSSR count). The van der Waals surface area contributed by atoms with Crippen molar-refractivity contribution in [3.8, 4) is 0 Å². The van der Waals surface area contributed by atoms with Crippen molar-refractivity contribution in [2.24, 2.45) is 35.5 Å². The van der Waals surface area contributed by atoms with Crippen molar-refractivity contribution in [1.29, 1.82) is 0 Å². The first-order valence-corrected chi connectivity index (χ1v) is 22.7. The molecule has 344 valence electrons. The van der Waals surface area contributed by atoms with Crippen LogP contribution in [0.15, 0.2) is 47.6 Å². The minimum absolute atomic E-state index is 0.0197. The molecule has 0 radical (unpaired) electrons. The number of amides is 1. The molecule has 13 heteroatoms. The third-order valence-corrected chi connectivity index (χ3v) is 13.8. The fourth-order valence-corrected chi connectivity index (χ4v) is 9.54. The summed E-state index contributed by atoms with van der Waals surface area (Å²) in [6.45, 7) is 13.0. The van der Waals surface area contributed by atoms with E-state index in [1.807, 2.05) is 58.1 Å². The van der Waals surface area contributed by atoms with E-state index in [0.717, 1.165) is 0 Å². The van der Waals surface area contributed by atoms with E-state index in [0.29, 0.717) is 68.9 Å². The van der Waals surface area contributed by atoms with Gasteiger partial charge >= 0.3 is 5.97 Å². The van der Waals surface area contributed by atoms with Crippen molar-refractivity contribution in [1.82, 2.24) is 4.90 Å². The second-order valence-corrected chi connectivity index (χ2v) is 18.9. The molecule has 1 amide bonds. The van der Waals surface area contributed by atoms with Crippen molar-refractivity contribution in [2.45, 2.75) is 180 Å². The highest BCUT2D eigenvalue weighted by molar-refractivity contribution is 5.87. The lowest BCUT2D eigenvalue weighted by Crippen LogP contribution is -2.52. The number of allylic oxidation sites excluding steroid dienone is 6. The molecule has 61 heavy (non-hydrogen) atoms. The Morgan fingerprint density at radius 1 is 0.885 bits per heavy atom. The van der Waals surface area contributed by atoms with E-state index in [4.69, 9.17) is 14.2 Å². The predicted octanol–water partition coefficient (Wildman–Crippen LogP) is 5.30. The van der Waals surface area contributed by atoms with Crippen LogP contribution in [0.25, 0.3) is 0 Å². The number of carbonyl (C=O) groups is 4. The quantitative estimate of drug-likeness (QED) is 0.181. The molecule has 0 spiro atoms. The van der Waals surface area contributed by atoms with Gasteiger partial charge in [-0.25, -0.2) is 4.79 Å². The van der Waals surface area contributed by atoms with E-state index in [2.05, 4.69) is 0 Å². The zero-order valence-electron chi connectivity index (χ0n) is 37.8. The molecule has 1 saturated carbocycles. The Morgan fingerprint density at radius 3 is 2.30 bits per heavy atom. The van der Waals surface area contributed by atoms with E-state index in [-0.39, 0.29) is 61.0 Å². The van der Waals surface area contributed by atoms with Crippen LogP contribution in [-0.4, -0.2) is 122 Å². The Morgan fingerprint density at radius 2 is 1.61 bits per heavy atom. The molecule has 3 fully saturated rings. The van der Waals surface area contributed by atoms with Gasteiger partial charge in [0.2, 0.25) is 5.91 Å². The van der Waals surface area contributed by atoms with Gasteiger partial charge in [0.1, 0.15) is 30.1 Å². The lowest BCUT2D eigenvalue weighted by atomic mass is 9.78. The van der Waals surface area contributed by atoms with Crippen LogP contribution in [0.3, 0.4) is 0 Å². The molecular formula is C48H75NO12. The lowest BCUT2D eigenvalue weighted by Gasteiger charge is -2.43. The number of ether oxygens (including phenoxy) is 3. The maximum atomic E-state index is 14.1. The monoisotopic (exact) mass is 858 g/mol. The molecular weight excluding hydrogens is 783 g/mol. The number of hydrogen-bond acceptors (Lipinski definition) is 12. The molecule has 15 atom stereocenters. The van der Waals surface area contributed by atoms with Gasteiger partial charge in [-0.2, -0.15) is 0 Å². The summed E-state index contributed by atoms with van der Waals surface area (Å²) in [6.07, 6.45) is 8.87. The number of Topliss-reactive ketones (excluding diaryl/α,β-unsaturated/α-hetero) is 2. The smallest absolute Gasteiger partial charge is 0.329 e. The second kappa shape index (κ2) is 23.1. The summed E-state index contributed by atoms with van der Waals surface area (Å²) in [5, 5.41) is 54.8. The van der Waals surface area contributed by atoms with Crippen LogP contribution in [-0.2, 0) is 33.4 Å². The van der Waals surface area contributed by atoms with Crippen LogP contribution in [0.5, 0.6) is 0 Å². The number of nitrogens with zero attached hydrogens (tertiary/aromatic N) is 1. The van der Waals surface area contributed by atoms with Gasteiger partial charge in [-0.15, -0.1) is 0 Å². The van der Waals surface area contributed by atoms with Crippen LogP contribution < -0.4 is 0 Å². The van der Waals surface area contributed by atoms with Gasteiger partial charge in [0.05, 0.1) is 30.8 Å². The summed E-state index contributed by atoms with van der Waals surface area (Å²) in [5.41, 5.74) is 1.10. The third kappa shape index (κ3) is 14.0. The van der Waals surface area contributed by atoms with Gasteiger partial charge in [-0.05, 0) is 101 Å². The normalized spacial score (nSPS) is 42.0. The van der Waals surface area contributed by atoms with Gasteiger partial charge in [0.15, 0.2) is 11.6 Å². The highest BCUT2D eigenvalue weighted by Crippen LogP contribution is 2.38. The van der Waals surface area contributed by atoms with Crippen molar-refractivity contribution < 1.29 is 58.9 Å². The summed E-state index contributed by atoms with van der Waals surface area (Å²) < 4.78 is 17.9. The Labute approximate surface area is 363 Å². The molecule has 2 saturated heterocycles. The number of cyclic esters (lactones) is 1. The van der Waals surface area contributed by atoms with Crippen LogP contribution in [0.1, 0.15) is 126 Å². The lowest BCUT2D eigenvalue weighted by molar-refractivity contribution is -0.283. The maximum absolute atomic E-state index is 14.1. The van der Waals surface area contributed by atoms with Crippen LogP contribution >= 0.6 is 0 Å². The molecule has 3 aliphatic heterocycles. The molecule has 4 aliphatic rings. The van der Waals surface area contributed by atoms with E-state index >= 15 is 0 Å². The number of aliphatic hydroxyl groups is 5. The molecule has 0 aromatic carbocycles.